The van der Waals surface area contributed by atoms with Gasteiger partial charge < -0.3 is 5.32 Å². The summed E-state index contributed by atoms with van der Waals surface area (Å²) in [5.41, 5.74) is 4.06. The van der Waals surface area contributed by atoms with E-state index in [4.69, 9.17) is 11.6 Å². The van der Waals surface area contributed by atoms with Gasteiger partial charge in [0.2, 0.25) is 11.9 Å². The van der Waals surface area contributed by atoms with E-state index in [0.29, 0.717) is 17.4 Å². The Morgan fingerprint density at radius 1 is 1.20 bits per heavy atom. The van der Waals surface area contributed by atoms with Crippen LogP contribution in [0.5, 0.6) is 0 Å². The third-order valence-electron chi connectivity index (χ3n) is 4.90. The molecule has 4 rings (SSSR count). The molecule has 0 radical (unpaired) electrons. The van der Waals surface area contributed by atoms with Crippen molar-refractivity contribution in [2.24, 2.45) is 5.92 Å². The van der Waals surface area contributed by atoms with Crippen molar-refractivity contribution >= 4 is 35.1 Å². The van der Waals surface area contributed by atoms with Crippen molar-refractivity contribution in [3.8, 4) is 0 Å². The highest BCUT2D eigenvalue weighted by Crippen LogP contribution is 2.35. The first-order chi connectivity index (χ1) is 14.4. The van der Waals surface area contributed by atoms with Crippen LogP contribution in [0.25, 0.3) is 5.70 Å². The molecule has 0 unspecified atom stereocenters. The summed E-state index contributed by atoms with van der Waals surface area (Å²) < 4.78 is 1.75. The third-order valence-corrected chi connectivity index (χ3v) is 5.24. The second kappa shape index (κ2) is 8.32. The maximum absolute atomic E-state index is 12.2. The number of aryl methyl sites for hydroxylation is 1. The van der Waals surface area contributed by atoms with Crippen LogP contribution in [0.3, 0.4) is 0 Å². The summed E-state index contributed by atoms with van der Waals surface area (Å²) in [4.78, 5) is 16.7. The lowest BCUT2D eigenvalue weighted by molar-refractivity contribution is -0.116. The molecule has 1 aliphatic heterocycles. The van der Waals surface area contributed by atoms with Gasteiger partial charge >= 0.3 is 0 Å². The molecule has 3 aromatic rings. The predicted octanol–water partition coefficient (Wildman–Crippen LogP) is 5.28. The van der Waals surface area contributed by atoms with E-state index in [-0.39, 0.29) is 23.8 Å². The van der Waals surface area contributed by atoms with Crippen LogP contribution in [0.2, 0.25) is 5.02 Å². The van der Waals surface area contributed by atoms with Crippen molar-refractivity contribution in [2.75, 3.05) is 10.6 Å². The lowest BCUT2D eigenvalue weighted by Gasteiger charge is -2.25. The molecular formula is C23H24ClN5O. The summed E-state index contributed by atoms with van der Waals surface area (Å²) in [5.74, 6) is 0.983. The highest BCUT2D eigenvalue weighted by Gasteiger charge is 2.27. The highest BCUT2D eigenvalue weighted by atomic mass is 35.5. The number of aromatic nitrogens is 3. The number of halogens is 1. The number of hydrogen-bond donors (Lipinski definition) is 2. The number of hydrogen-bond acceptors (Lipinski definition) is 4. The molecule has 0 spiro atoms. The van der Waals surface area contributed by atoms with Crippen molar-refractivity contribution in [3.63, 3.8) is 0 Å². The minimum atomic E-state index is -0.255. The minimum absolute atomic E-state index is 0.103. The van der Waals surface area contributed by atoms with Crippen LogP contribution < -0.4 is 10.6 Å². The van der Waals surface area contributed by atoms with Gasteiger partial charge in [-0.2, -0.15) is 4.98 Å². The molecule has 2 heterocycles. The average molecular weight is 422 g/mol. The standard InChI is InChI=1S/C23H24ClN5O/c1-14(2)12-21(30)26-22-27-23-25-19(16-10-8-15(3)9-11-16)13-20(29(23)28-22)17-6-4-5-7-18(17)24/h4-11,13-14,20H,12H2,1-3H3,(H2,25,26,27,28,30)/t20-/m1/s1. The summed E-state index contributed by atoms with van der Waals surface area (Å²) in [7, 11) is 0. The molecule has 1 atom stereocenters. The zero-order chi connectivity index (χ0) is 21.3. The molecule has 6 nitrogen and oxygen atoms in total. The van der Waals surface area contributed by atoms with E-state index in [1.165, 1.54) is 5.56 Å². The fourth-order valence-corrected chi connectivity index (χ4v) is 3.68. The summed E-state index contributed by atoms with van der Waals surface area (Å²) in [5, 5.41) is 11.3. The van der Waals surface area contributed by atoms with Crippen molar-refractivity contribution in [1.29, 1.82) is 0 Å². The number of nitrogens with one attached hydrogen (secondary N) is 2. The van der Waals surface area contributed by atoms with E-state index in [1.807, 2.05) is 38.1 Å². The maximum Gasteiger partial charge on any atom is 0.250 e. The molecule has 0 saturated carbocycles. The Kier molecular flexibility index (Phi) is 5.59. The summed E-state index contributed by atoms with van der Waals surface area (Å²) in [6, 6.07) is 15.7. The van der Waals surface area contributed by atoms with Crippen LogP contribution in [0, 0.1) is 12.8 Å². The lowest BCUT2D eigenvalue weighted by Crippen LogP contribution is -2.20. The Balaban J connectivity index is 1.73. The average Bonchev–Trinajstić information content (AvgIpc) is 3.09. The van der Waals surface area contributed by atoms with Gasteiger partial charge in [-0.1, -0.05) is 73.5 Å². The van der Waals surface area contributed by atoms with Gasteiger partial charge in [0, 0.05) is 17.1 Å². The molecule has 154 valence electrons. The number of rotatable bonds is 5. The van der Waals surface area contributed by atoms with Gasteiger partial charge in [0.05, 0.1) is 0 Å². The first kappa shape index (κ1) is 20.2. The van der Waals surface area contributed by atoms with Gasteiger partial charge in [-0.3, -0.25) is 10.1 Å². The molecule has 0 fully saturated rings. The van der Waals surface area contributed by atoms with E-state index >= 15 is 0 Å². The molecule has 0 saturated heterocycles. The van der Waals surface area contributed by atoms with E-state index in [1.54, 1.807) is 4.68 Å². The Bertz CT molecular complexity index is 1100. The van der Waals surface area contributed by atoms with Crippen molar-refractivity contribution in [3.05, 3.63) is 76.3 Å². The Morgan fingerprint density at radius 2 is 1.93 bits per heavy atom. The predicted molar refractivity (Wildman–Crippen MR) is 120 cm³/mol. The monoisotopic (exact) mass is 421 g/mol. The van der Waals surface area contributed by atoms with Gasteiger partial charge in [0.15, 0.2) is 0 Å². The van der Waals surface area contributed by atoms with Crippen LogP contribution >= 0.6 is 11.6 Å². The summed E-state index contributed by atoms with van der Waals surface area (Å²) in [6.45, 7) is 6.05. The second-order valence-electron chi connectivity index (χ2n) is 7.89. The molecule has 1 aliphatic rings. The molecule has 2 aromatic carbocycles. The van der Waals surface area contributed by atoms with Crippen LogP contribution in [0.1, 0.15) is 43.0 Å². The molecular weight excluding hydrogens is 398 g/mol. The minimum Gasteiger partial charge on any atom is -0.324 e. The van der Waals surface area contributed by atoms with E-state index in [2.05, 4.69) is 58.0 Å². The van der Waals surface area contributed by atoms with Crippen LogP contribution in [-0.4, -0.2) is 20.7 Å². The van der Waals surface area contributed by atoms with Gasteiger partial charge in [-0.25, -0.2) is 4.68 Å². The summed E-state index contributed by atoms with van der Waals surface area (Å²) in [6.07, 6.45) is 2.49. The van der Waals surface area contributed by atoms with Crippen molar-refractivity contribution in [2.45, 2.75) is 33.2 Å². The fourth-order valence-electron chi connectivity index (χ4n) is 3.43. The highest BCUT2D eigenvalue weighted by molar-refractivity contribution is 6.31. The maximum atomic E-state index is 12.2. The van der Waals surface area contributed by atoms with Crippen LogP contribution in [-0.2, 0) is 4.79 Å². The summed E-state index contributed by atoms with van der Waals surface area (Å²) >= 11 is 6.51. The molecule has 1 amide bonds. The number of fused-ring (bicyclic) bond motifs is 1. The zero-order valence-electron chi connectivity index (χ0n) is 17.2. The van der Waals surface area contributed by atoms with Gasteiger partial charge in [-0.05, 0) is 36.1 Å². The first-order valence-electron chi connectivity index (χ1n) is 9.97. The van der Waals surface area contributed by atoms with E-state index in [9.17, 15) is 4.79 Å². The normalized spacial score (nSPS) is 15.4. The van der Waals surface area contributed by atoms with Crippen molar-refractivity contribution in [1.82, 2.24) is 14.8 Å². The topological polar surface area (TPSA) is 71.8 Å². The van der Waals surface area contributed by atoms with Gasteiger partial charge in [0.1, 0.15) is 6.04 Å². The molecule has 0 bridgehead atoms. The zero-order valence-corrected chi connectivity index (χ0v) is 17.9. The Morgan fingerprint density at radius 3 is 2.63 bits per heavy atom. The second-order valence-corrected chi connectivity index (χ2v) is 8.29. The lowest BCUT2D eigenvalue weighted by atomic mass is 10.0. The molecule has 7 heteroatoms. The van der Waals surface area contributed by atoms with Crippen LogP contribution in [0.15, 0.2) is 54.6 Å². The number of amides is 1. The number of carbonyl (C=O) groups is 1. The molecule has 0 aliphatic carbocycles. The number of benzene rings is 2. The molecule has 30 heavy (non-hydrogen) atoms. The number of nitrogens with zero attached hydrogens (tertiary/aromatic N) is 3. The number of allylic oxidation sites excluding steroid dienone is 1. The Hall–Kier alpha value is -3.12. The van der Waals surface area contributed by atoms with Gasteiger partial charge in [0.25, 0.3) is 5.95 Å². The molecule has 1 aromatic heterocycles. The third kappa shape index (κ3) is 4.24. The largest absolute Gasteiger partial charge is 0.324 e. The molecule has 2 N–H and O–H groups in total. The van der Waals surface area contributed by atoms with Crippen LogP contribution in [0.4, 0.5) is 11.9 Å². The van der Waals surface area contributed by atoms with Crippen molar-refractivity contribution < 1.29 is 4.79 Å². The van der Waals surface area contributed by atoms with E-state index < -0.39 is 0 Å². The smallest absolute Gasteiger partial charge is 0.250 e. The Labute approximate surface area is 181 Å². The first-order valence-corrected chi connectivity index (χ1v) is 10.3. The SMILES string of the molecule is Cc1ccc(C2=C[C@H](c3ccccc3Cl)n3nc(NC(=O)CC(C)C)nc3N2)cc1. The number of carbonyl (C=O) groups excluding carboxylic acids is 1. The quantitative estimate of drug-likeness (QED) is 0.587. The van der Waals surface area contributed by atoms with E-state index in [0.717, 1.165) is 16.8 Å². The van der Waals surface area contributed by atoms with Gasteiger partial charge in [-0.15, -0.1) is 5.10 Å². The number of anilines is 2. The fraction of sp³-hybridized carbons (Fsp3) is 0.261.